The van der Waals surface area contributed by atoms with Crippen LogP contribution in [0.15, 0.2) is 48.0 Å². The summed E-state index contributed by atoms with van der Waals surface area (Å²) < 4.78 is 25.9. The Morgan fingerprint density at radius 1 is 1.16 bits per heavy atom. The lowest BCUT2D eigenvalue weighted by molar-refractivity contribution is -0.112. The average molecular weight is 418 g/mol. The van der Waals surface area contributed by atoms with Gasteiger partial charge in [-0.3, -0.25) is 4.79 Å². The van der Waals surface area contributed by atoms with E-state index in [9.17, 15) is 14.4 Å². The molecule has 8 heteroatoms. The van der Waals surface area contributed by atoms with Gasteiger partial charge in [-0.15, -0.1) is 0 Å². The van der Waals surface area contributed by atoms with Crippen LogP contribution in [0.4, 0.5) is 10.1 Å². The minimum absolute atomic E-state index is 0.0697. The van der Waals surface area contributed by atoms with Gasteiger partial charge in [0.15, 0.2) is 11.5 Å². The number of carbonyl (C=O) groups excluding carboxylic acids is 1. The zero-order valence-electron chi connectivity index (χ0n) is 17.0. The number of ether oxygens (including phenoxy) is 2. The maximum Gasteiger partial charge on any atom is 0.266 e. The number of fused-ring (bicyclic) bond motifs is 1. The van der Waals surface area contributed by atoms with Crippen molar-refractivity contribution in [2.24, 2.45) is 0 Å². The number of carbonyl (C=O) groups is 1. The third kappa shape index (κ3) is 4.12. The van der Waals surface area contributed by atoms with Gasteiger partial charge in [-0.2, -0.15) is 10.4 Å². The van der Waals surface area contributed by atoms with Gasteiger partial charge in [-0.1, -0.05) is 0 Å². The molecule has 0 saturated carbocycles. The largest absolute Gasteiger partial charge is 0.486 e. The van der Waals surface area contributed by atoms with Crippen molar-refractivity contribution in [2.75, 3.05) is 18.5 Å². The van der Waals surface area contributed by atoms with E-state index in [-0.39, 0.29) is 11.4 Å². The highest BCUT2D eigenvalue weighted by Gasteiger charge is 2.17. The molecule has 1 amide bonds. The Balaban J connectivity index is 1.60. The van der Waals surface area contributed by atoms with Crippen LogP contribution >= 0.6 is 0 Å². The molecule has 3 aromatic rings. The molecule has 0 bridgehead atoms. The topological polar surface area (TPSA) is 89.2 Å². The third-order valence-corrected chi connectivity index (χ3v) is 4.87. The number of aryl methyl sites for hydroxylation is 1. The minimum Gasteiger partial charge on any atom is -0.486 e. The molecule has 1 N–H and O–H groups in total. The summed E-state index contributed by atoms with van der Waals surface area (Å²) in [6.07, 6.45) is 1.51. The molecule has 1 aliphatic rings. The number of benzene rings is 2. The molecule has 1 aromatic heterocycles. The minimum atomic E-state index is -0.549. The maximum atomic E-state index is 13.2. The first kappa shape index (κ1) is 20.2. The van der Waals surface area contributed by atoms with Gasteiger partial charge >= 0.3 is 0 Å². The standard InChI is InChI=1S/C23H19FN4O3/c1-14-20(15(2)28(27-14)19-6-3-17(24)4-7-19)11-16(13-25)23(29)26-18-5-8-21-22(12-18)31-10-9-30-21/h3-8,11-12H,9-10H2,1-2H3,(H,26,29)/b16-11+. The van der Waals surface area contributed by atoms with E-state index in [1.54, 1.807) is 41.9 Å². The summed E-state index contributed by atoms with van der Waals surface area (Å²) in [5.74, 6) is 0.263. The van der Waals surface area contributed by atoms with E-state index in [1.807, 2.05) is 13.0 Å². The summed E-state index contributed by atoms with van der Waals surface area (Å²) in [5.41, 5.74) is 3.12. The Kier molecular flexibility index (Phi) is 5.41. The monoisotopic (exact) mass is 418 g/mol. The van der Waals surface area contributed by atoms with E-state index in [0.29, 0.717) is 47.3 Å². The van der Waals surface area contributed by atoms with Crippen molar-refractivity contribution in [3.8, 4) is 23.3 Å². The Labute approximate surface area is 178 Å². The van der Waals surface area contributed by atoms with Gasteiger partial charge in [0.1, 0.15) is 30.7 Å². The van der Waals surface area contributed by atoms with E-state index < -0.39 is 5.91 Å². The number of rotatable bonds is 4. The predicted molar refractivity (Wildman–Crippen MR) is 113 cm³/mol. The van der Waals surface area contributed by atoms with Gasteiger partial charge in [-0.25, -0.2) is 9.07 Å². The summed E-state index contributed by atoms with van der Waals surface area (Å²) in [6, 6.07) is 12.9. The number of halogens is 1. The van der Waals surface area contributed by atoms with Crippen molar-refractivity contribution in [1.29, 1.82) is 5.26 Å². The number of nitrogens with zero attached hydrogens (tertiary/aromatic N) is 3. The fourth-order valence-corrected chi connectivity index (χ4v) is 3.31. The smallest absolute Gasteiger partial charge is 0.266 e. The van der Waals surface area contributed by atoms with Crippen LogP contribution in [0.3, 0.4) is 0 Å². The lowest BCUT2D eigenvalue weighted by Crippen LogP contribution is -2.17. The summed E-state index contributed by atoms with van der Waals surface area (Å²) in [5, 5.41) is 16.8. The van der Waals surface area contributed by atoms with Crippen molar-refractivity contribution >= 4 is 17.7 Å². The molecule has 2 aromatic carbocycles. The van der Waals surface area contributed by atoms with E-state index >= 15 is 0 Å². The van der Waals surface area contributed by atoms with Gasteiger partial charge in [0.2, 0.25) is 0 Å². The Bertz CT molecular complexity index is 1220. The average Bonchev–Trinajstić information content (AvgIpc) is 3.05. The van der Waals surface area contributed by atoms with Crippen LogP contribution in [-0.2, 0) is 4.79 Å². The summed E-state index contributed by atoms with van der Waals surface area (Å²) in [4.78, 5) is 12.7. The van der Waals surface area contributed by atoms with Crippen molar-refractivity contribution in [1.82, 2.24) is 9.78 Å². The van der Waals surface area contributed by atoms with E-state index in [0.717, 1.165) is 5.69 Å². The number of amides is 1. The second-order valence-electron chi connectivity index (χ2n) is 6.96. The lowest BCUT2D eigenvalue weighted by Gasteiger charge is -2.18. The first-order valence-corrected chi connectivity index (χ1v) is 9.61. The highest BCUT2D eigenvalue weighted by molar-refractivity contribution is 6.09. The normalized spacial score (nSPS) is 12.9. The Hall–Kier alpha value is -4.12. The molecule has 2 heterocycles. The number of nitriles is 1. The first-order chi connectivity index (χ1) is 15.0. The lowest BCUT2D eigenvalue weighted by atomic mass is 10.1. The van der Waals surface area contributed by atoms with Crippen LogP contribution in [0.2, 0.25) is 0 Å². The second kappa shape index (κ2) is 8.32. The molecule has 0 unspecified atom stereocenters. The van der Waals surface area contributed by atoms with Crippen LogP contribution in [0.5, 0.6) is 11.5 Å². The predicted octanol–water partition coefficient (Wildman–Crippen LogP) is 3.95. The van der Waals surface area contributed by atoms with Gasteiger partial charge in [0, 0.05) is 23.0 Å². The molecule has 0 saturated heterocycles. The zero-order valence-corrected chi connectivity index (χ0v) is 17.0. The molecule has 0 fully saturated rings. The zero-order chi connectivity index (χ0) is 22.0. The van der Waals surface area contributed by atoms with Crippen LogP contribution in [-0.4, -0.2) is 28.9 Å². The highest BCUT2D eigenvalue weighted by Crippen LogP contribution is 2.32. The quantitative estimate of drug-likeness (QED) is 0.512. The molecule has 0 aliphatic carbocycles. The summed E-state index contributed by atoms with van der Waals surface area (Å²) in [6.45, 7) is 4.52. The molecule has 7 nitrogen and oxygen atoms in total. The summed E-state index contributed by atoms with van der Waals surface area (Å²) in [7, 11) is 0. The maximum absolute atomic E-state index is 13.2. The summed E-state index contributed by atoms with van der Waals surface area (Å²) >= 11 is 0. The molecule has 31 heavy (non-hydrogen) atoms. The van der Waals surface area contributed by atoms with E-state index in [4.69, 9.17) is 9.47 Å². The highest BCUT2D eigenvalue weighted by atomic mass is 19.1. The first-order valence-electron chi connectivity index (χ1n) is 9.61. The van der Waals surface area contributed by atoms with Gasteiger partial charge < -0.3 is 14.8 Å². The van der Waals surface area contributed by atoms with Crippen molar-refractivity contribution < 1.29 is 18.7 Å². The molecule has 0 spiro atoms. The number of hydrogen-bond donors (Lipinski definition) is 1. The van der Waals surface area contributed by atoms with Crippen molar-refractivity contribution in [3.63, 3.8) is 0 Å². The number of anilines is 1. The number of hydrogen-bond acceptors (Lipinski definition) is 5. The van der Waals surface area contributed by atoms with Crippen LogP contribution in [0.1, 0.15) is 17.0 Å². The third-order valence-electron chi connectivity index (χ3n) is 4.87. The number of aromatic nitrogens is 2. The second-order valence-corrected chi connectivity index (χ2v) is 6.96. The fraction of sp³-hybridized carbons (Fsp3) is 0.174. The molecule has 4 rings (SSSR count). The molecular formula is C23H19FN4O3. The van der Waals surface area contributed by atoms with Crippen molar-refractivity contribution in [2.45, 2.75) is 13.8 Å². The van der Waals surface area contributed by atoms with Crippen LogP contribution in [0, 0.1) is 31.0 Å². The van der Waals surface area contributed by atoms with Crippen LogP contribution in [0.25, 0.3) is 11.8 Å². The molecule has 156 valence electrons. The molecule has 1 aliphatic heterocycles. The van der Waals surface area contributed by atoms with Gasteiger partial charge in [-0.05, 0) is 56.3 Å². The molecular weight excluding hydrogens is 399 g/mol. The van der Waals surface area contributed by atoms with Crippen LogP contribution < -0.4 is 14.8 Å². The van der Waals surface area contributed by atoms with Crippen molar-refractivity contribution in [3.05, 3.63) is 70.8 Å². The fourth-order valence-electron chi connectivity index (χ4n) is 3.31. The van der Waals surface area contributed by atoms with Gasteiger partial charge in [0.25, 0.3) is 5.91 Å². The van der Waals surface area contributed by atoms with E-state index in [1.165, 1.54) is 18.2 Å². The SMILES string of the molecule is Cc1nn(-c2ccc(F)cc2)c(C)c1/C=C(\C#N)C(=O)Nc1ccc2c(c1)OCCO2. The van der Waals surface area contributed by atoms with E-state index in [2.05, 4.69) is 10.4 Å². The molecule has 0 radical (unpaired) electrons. The Morgan fingerprint density at radius 3 is 2.58 bits per heavy atom. The Morgan fingerprint density at radius 2 is 1.87 bits per heavy atom. The molecule has 0 atom stereocenters. The van der Waals surface area contributed by atoms with Gasteiger partial charge in [0.05, 0.1) is 11.4 Å². The number of nitrogens with one attached hydrogen (secondary N) is 1.